The molecule has 0 atom stereocenters. The predicted octanol–water partition coefficient (Wildman–Crippen LogP) is 10.6. The number of halogens is 2. The number of hydrogen-bond acceptors (Lipinski definition) is 0. The second kappa shape index (κ2) is 16.3. The number of rotatable bonds is 3. The van der Waals surface area contributed by atoms with Crippen LogP contribution in [0.25, 0.3) is 32.7 Å². The fourth-order valence-electron chi connectivity index (χ4n) is 3.87. The van der Waals surface area contributed by atoms with E-state index in [-0.39, 0.29) is 0 Å². The molecule has 0 nitrogen and oxygen atoms in total. The van der Waals surface area contributed by atoms with Crippen molar-refractivity contribution in [3.63, 3.8) is 0 Å². The first-order valence-electron chi connectivity index (χ1n) is 11.9. The molecule has 4 heteroatoms. The van der Waals surface area contributed by atoms with Gasteiger partial charge in [-0.15, -0.1) is 64.2 Å². The molecule has 0 aliphatic carbocycles. The van der Waals surface area contributed by atoms with E-state index in [0.717, 1.165) is 15.9 Å². The monoisotopic (exact) mass is 594 g/mol. The Kier molecular flexibility index (Phi) is 13.9. The molecule has 180 valence electrons. The Balaban J connectivity index is 0.000000237. The first-order valence-corrected chi connectivity index (χ1v) is 20.3. The van der Waals surface area contributed by atoms with Crippen LogP contribution in [0.15, 0.2) is 97.1 Å². The van der Waals surface area contributed by atoms with Crippen molar-refractivity contribution >= 4 is 48.1 Å². The first-order chi connectivity index (χ1) is 17.0. The van der Waals surface area contributed by atoms with Gasteiger partial charge in [0.25, 0.3) is 0 Å². The fraction of sp³-hybridized carbons (Fsp3) is 0.226. The molecule has 0 unspecified atom stereocenters. The van der Waals surface area contributed by atoms with Crippen molar-refractivity contribution in [2.24, 2.45) is 0 Å². The van der Waals surface area contributed by atoms with Crippen LogP contribution >= 0.6 is 17.0 Å². The molecule has 0 amide bonds. The molecule has 0 heterocycles. The zero-order valence-corrected chi connectivity index (χ0v) is 26.2. The number of aryl methyl sites for hydroxylation is 1. The maximum absolute atomic E-state index is 4.93. The Labute approximate surface area is 232 Å². The van der Waals surface area contributed by atoms with Gasteiger partial charge in [0.1, 0.15) is 0 Å². The summed E-state index contributed by atoms with van der Waals surface area (Å²) in [6.07, 6.45) is 1.10. The fourth-order valence-corrected chi connectivity index (χ4v) is 3.87. The van der Waals surface area contributed by atoms with Crippen molar-refractivity contribution in [1.82, 2.24) is 0 Å². The van der Waals surface area contributed by atoms with Crippen molar-refractivity contribution < 1.29 is 20.8 Å². The largest absolute Gasteiger partial charge is 0.168 e. The third-order valence-electron chi connectivity index (χ3n) is 5.65. The topological polar surface area (TPSA) is 0 Å². The van der Waals surface area contributed by atoms with Crippen LogP contribution in [0.5, 0.6) is 0 Å². The van der Waals surface area contributed by atoms with Crippen LogP contribution < -0.4 is 0 Å². The average Bonchev–Trinajstić information content (AvgIpc) is 3.52. The molecule has 0 saturated heterocycles. The molecule has 2 radical (unpaired) electrons. The Bertz CT molecular complexity index is 1220. The smallest absolute Gasteiger partial charge is 0.0809 e. The van der Waals surface area contributed by atoms with Gasteiger partial charge in [-0.3, -0.25) is 0 Å². The van der Waals surface area contributed by atoms with Gasteiger partial charge in [0.05, 0.1) is 0 Å². The standard InChI is InChI=1S/C20H21.C9H7.C2H6Si.2ClH.Zr/c1-4-15-12-18-6-5-7-19(20(18)13-15)17-10-8-16(9-11-17)14(2)3;1-2-5-9-7-3-6-8(9)4-1;1-3-2;;;/h5-14H,4H2,1-3H3;1-7H;1-2H3;2*1H;/q2*-1;;;;+4/p-2. The van der Waals surface area contributed by atoms with E-state index < -0.39 is 20.8 Å². The minimum absolute atomic E-state index is 0.588. The second-order valence-corrected chi connectivity index (χ2v) is 13.3. The summed E-state index contributed by atoms with van der Waals surface area (Å²) in [7, 11) is 11.0. The summed E-state index contributed by atoms with van der Waals surface area (Å²) in [6.45, 7) is 11.0. The number of benzene rings is 3. The molecular formula is C31H34Cl2SiZr. The summed E-state index contributed by atoms with van der Waals surface area (Å²) in [5.74, 6) is 0.588. The molecule has 0 bridgehead atoms. The first kappa shape index (κ1) is 29.8. The van der Waals surface area contributed by atoms with Crippen molar-refractivity contribution in [3.8, 4) is 11.1 Å². The van der Waals surface area contributed by atoms with E-state index in [1.54, 1.807) is 0 Å². The summed E-state index contributed by atoms with van der Waals surface area (Å²) in [5, 5.41) is 5.39. The molecule has 0 saturated carbocycles. The van der Waals surface area contributed by atoms with Gasteiger partial charge in [-0.1, -0.05) is 75.8 Å². The van der Waals surface area contributed by atoms with Crippen molar-refractivity contribution in [1.29, 1.82) is 0 Å². The maximum atomic E-state index is 4.93. The van der Waals surface area contributed by atoms with E-state index in [2.05, 4.69) is 131 Å². The van der Waals surface area contributed by atoms with E-state index in [1.807, 2.05) is 0 Å². The van der Waals surface area contributed by atoms with E-state index in [0.29, 0.717) is 5.92 Å². The second-order valence-electron chi connectivity index (χ2n) is 8.53. The average molecular weight is 597 g/mol. The van der Waals surface area contributed by atoms with Crippen molar-refractivity contribution in [2.45, 2.75) is 46.2 Å². The van der Waals surface area contributed by atoms with Crippen LogP contribution in [-0.4, -0.2) is 9.52 Å². The Hall–Kier alpha value is -1.44. The third-order valence-corrected chi connectivity index (χ3v) is 5.65. The van der Waals surface area contributed by atoms with Crippen LogP contribution in [0.2, 0.25) is 13.1 Å². The van der Waals surface area contributed by atoms with Gasteiger partial charge in [-0.2, -0.15) is 23.6 Å². The summed E-state index contributed by atoms with van der Waals surface area (Å²) >= 11 is -0.826. The molecular weight excluding hydrogens is 563 g/mol. The third kappa shape index (κ3) is 9.18. The Morgan fingerprint density at radius 1 is 0.857 bits per heavy atom. The van der Waals surface area contributed by atoms with Crippen LogP contribution in [0.1, 0.15) is 37.8 Å². The van der Waals surface area contributed by atoms with Crippen molar-refractivity contribution in [3.05, 3.63) is 108 Å². The van der Waals surface area contributed by atoms with Gasteiger partial charge < -0.3 is 0 Å². The summed E-state index contributed by atoms with van der Waals surface area (Å²) in [4.78, 5) is 0. The zero-order chi connectivity index (χ0) is 25.6. The molecule has 0 aliphatic rings. The van der Waals surface area contributed by atoms with Crippen LogP contribution in [0, 0.1) is 0 Å². The Morgan fingerprint density at radius 3 is 2.09 bits per heavy atom. The van der Waals surface area contributed by atoms with Gasteiger partial charge >= 0.3 is 37.9 Å². The summed E-state index contributed by atoms with van der Waals surface area (Å²) in [5.41, 5.74) is 5.48. The Morgan fingerprint density at radius 2 is 1.49 bits per heavy atom. The molecule has 5 aromatic rings. The minimum Gasteiger partial charge on any atom is -0.168 e. The summed E-state index contributed by atoms with van der Waals surface area (Å²) in [6, 6.07) is 34.9. The number of hydrogen-bond donors (Lipinski definition) is 0. The molecule has 0 fully saturated rings. The van der Waals surface area contributed by atoms with E-state index in [1.165, 1.54) is 43.8 Å². The van der Waals surface area contributed by atoms with Crippen LogP contribution in [0.3, 0.4) is 0 Å². The van der Waals surface area contributed by atoms with Gasteiger partial charge in [0, 0.05) is 9.52 Å². The molecule has 35 heavy (non-hydrogen) atoms. The SMILES string of the molecule is CCc1cc2c(-c3ccc(C(C)C)cc3)cccc2[cH-]1.C[Si]C.[Cl][Zr+2][Cl].c1ccc2[cH-]ccc2c1. The van der Waals surface area contributed by atoms with E-state index >= 15 is 0 Å². The number of fused-ring (bicyclic) bond motifs is 2. The van der Waals surface area contributed by atoms with E-state index in [4.69, 9.17) is 17.0 Å². The molecule has 0 spiro atoms. The molecule has 0 aromatic heterocycles. The molecule has 0 N–H and O–H groups in total. The predicted molar refractivity (Wildman–Crippen MR) is 157 cm³/mol. The summed E-state index contributed by atoms with van der Waals surface area (Å²) < 4.78 is 0. The molecule has 0 aliphatic heterocycles. The normalized spacial score (nSPS) is 9.94. The minimum atomic E-state index is -0.826. The van der Waals surface area contributed by atoms with Gasteiger partial charge in [-0.05, 0) is 23.5 Å². The van der Waals surface area contributed by atoms with E-state index in [9.17, 15) is 0 Å². The molecule has 5 aromatic carbocycles. The quantitative estimate of drug-likeness (QED) is 0.144. The van der Waals surface area contributed by atoms with Crippen LogP contribution in [-0.2, 0) is 27.3 Å². The van der Waals surface area contributed by atoms with Gasteiger partial charge in [0.15, 0.2) is 0 Å². The zero-order valence-electron chi connectivity index (χ0n) is 21.3. The van der Waals surface area contributed by atoms with Gasteiger partial charge in [0.2, 0.25) is 0 Å². The van der Waals surface area contributed by atoms with Crippen molar-refractivity contribution in [2.75, 3.05) is 0 Å². The van der Waals surface area contributed by atoms with Gasteiger partial charge in [-0.25, -0.2) is 0 Å². The van der Waals surface area contributed by atoms with Crippen LogP contribution in [0.4, 0.5) is 0 Å². The molecule has 5 rings (SSSR count). The maximum Gasteiger partial charge on any atom is -0.0809 e.